The molecule has 4 aromatic heterocycles. The van der Waals surface area contributed by atoms with Gasteiger partial charge in [0.15, 0.2) is 0 Å². The Kier molecular flexibility index (Phi) is 16.0. The predicted octanol–water partition coefficient (Wildman–Crippen LogP) is 19.9. The number of hydrogen-bond donors (Lipinski definition) is 0. The molecule has 0 N–H and O–H groups in total. The Morgan fingerprint density at radius 1 is 0.391 bits per heavy atom. The van der Waals surface area contributed by atoms with E-state index in [1.165, 1.54) is 91.8 Å². The summed E-state index contributed by atoms with van der Waals surface area (Å²) in [5.41, 5.74) is 7.03. The molecule has 4 bridgehead atoms. The number of anilines is 4. The van der Waals surface area contributed by atoms with E-state index in [4.69, 9.17) is 0 Å². The van der Waals surface area contributed by atoms with E-state index >= 15 is 0 Å². The monoisotopic (exact) mass is 1250 g/mol. The number of unbranched alkanes of at least 4 members (excludes halogenated alkanes) is 3. The molecule has 4 aromatic rings. The molecule has 4 aliphatic heterocycles. The van der Waals surface area contributed by atoms with Crippen molar-refractivity contribution < 1.29 is 0 Å². The van der Waals surface area contributed by atoms with Crippen molar-refractivity contribution in [2.45, 2.75) is 226 Å². The molecule has 69 heavy (non-hydrogen) atoms. The van der Waals surface area contributed by atoms with Crippen LogP contribution in [0.4, 0.5) is 22.7 Å². The van der Waals surface area contributed by atoms with Gasteiger partial charge in [0.1, 0.15) is 0 Å². The molecule has 8 rings (SSSR count). The normalized spacial score (nSPS) is 23.0. The van der Waals surface area contributed by atoms with Crippen molar-refractivity contribution in [2.75, 3.05) is 16.9 Å². The number of thiophene rings is 4. The minimum atomic E-state index is -2.71. The zero-order valence-electron chi connectivity index (χ0n) is 47.3. The molecule has 0 aromatic carbocycles. The SMILES string of the molecule is CCC[CH2][Sn]([CH2]CCC)([CH2]CCC)[c]1ccc(-c2sc(-c3sc(-c4cccs4)c4c3N3[Si](C)(C)CC[Si](C)(C)N4[Si](C)(C)CC[Si]3(C)C)c3c2N2[Si](C)(C)CC[Si](C)(C)N3[Si](C)(C)CC[Si]2(C)C)s1. The molecule has 0 unspecified atom stereocenters. The van der Waals surface area contributed by atoms with Crippen LogP contribution in [-0.2, 0) is 0 Å². The van der Waals surface area contributed by atoms with Crippen LogP contribution in [-0.4, -0.2) is 84.3 Å². The van der Waals surface area contributed by atoms with E-state index in [9.17, 15) is 0 Å². The third-order valence-electron chi connectivity index (χ3n) is 18.2. The van der Waals surface area contributed by atoms with Crippen LogP contribution in [0.15, 0.2) is 29.6 Å². The fourth-order valence-electron chi connectivity index (χ4n) is 14.8. The second kappa shape index (κ2) is 19.8. The van der Waals surface area contributed by atoms with Gasteiger partial charge in [0.2, 0.25) is 0 Å². The third kappa shape index (κ3) is 10.1. The van der Waals surface area contributed by atoms with Gasteiger partial charge in [-0.25, -0.2) is 0 Å². The van der Waals surface area contributed by atoms with Crippen LogP contribution in [0.25, 0.3) is 29.3 Å². The maximum atomic E-state index is 3.41. The molecular weight excluding hydrogens is 1150 g/mol. The topological polar surface area (TPSA) is 13.0 Å². The van der Waals surface area contributed by atoms with Crippen molar-refractivity contribution in [2.24, 2.45) is 0 Å². The Morgan fingerprint density at radius 2 is 0.696 bits per heavy atom. The minimum absolute atomic E-state index is 1.34. The van der Waals surface area contributed by atoms with Crippen molar-refractivity contribution in [1.29, 1.82) is 0 Å². The van der Waals surface area contributed by atoms with Crippen molar-refractivity contribution in [3.05, 3.63) is 29.6 Å². The summed E-state index contributed by atoms with van der Waals surface area (Å²) >= 11 is 6.30. The van der Waals surface area contributed by atoms with E-state index in [0.29, 0.717) is 0 Å². The first-order valence-corrected chi connectivity index (χ1v) is 63.8. The summed E-state index contributed by atoms with van der Waals surface area (Å²) in [6.07, 6.45) is 8.31. The molecule has 8 heterocycles. The third-order valence-corrected chi connectivity index (χ3v) is 81.1. The molecule has 0 amide bonds. The van der Waals surface area contributed by atoms with Crippen molar-refractivity contribution in [3.8, 4) is 29.3 Å². The Hall–Kier alpha value is 0.534. The van der Waals surface area contributed by atoms with E-state index in [1.54, 1.807) is 60.4 Å². The van der Waals surface area contributed by atoms with Gasteiger partial charge >= 0.3 is 457 Å². The van der Waals surface area contributed by atoms with Crippen LogP contribution in [0, 0.1) is 0 Å². The second-order valence-electron chi connectivity index (χ2n) is 27.5. The number of nitrogens with zero attached hydrogens (tertiary/aromatic N) is 4. The zero-order chi connectivity index (χ0) is 50.5. The van der Waals surface area contributed by atoms with Crippen LogP contribution < -0.4 is 19.8 Å². The Balaban J connectivity index is 1.58. The van der Waals surface area contributed by atoms with Gasteiger partial charge in [-0.3, -0.25) is 0 Å². The molecule has 0 spiro atoms. The molecule has 4 aliphatic rings. The van der Waals surface area contributed by atoms with Gasteiger partial charge in [0, 0.05) is 0 Å². The summed E-state index contributed by atoms with van der Waals surface area (Å²) in [5.74, 6) is 0. The van der Waals surface area contributed by atoms with Crippen molar-refractivity contribution in [1.82, 2.24) is 0 Å². The summed E-state index contributed by atoms with van der Waals surface area (Å²) in [4.78, 5) is 9.89. The van der Waals surface area contributed by atoms with Crippen LogP contribution in [0.1, 0.15) is 59.3 Å². The van der Waals surface area contributed by atoms with Gasteiger partial charge in [0.05, 0.1) is 0 Å². The maximum absolute atomic E-state index is 3.41. The number of rotatable bonds is 13. The van der Waals surface area contributed by atoms with Gasteiger partial charge < -0.3 is 0 Å². The van der Waals surface area contributed by atoms with Crippen LogP contribution in [0.2, 0.25) is 166 Å². The van der Waals surface area contributed by atoms with E-state index in [2.05, 4.69) is 206 Å². The number of hydrogen-bond acceptors (Lipinski definition) is 8. The van der Waals surface area contributed by atoms with Crippen LogP contribution >= 0.6 is 45.3 Å². The quantitative estimate of drug-likeness (QED) is 0.124. The zero-order valence-corrected chi connectivity index (χ0v) is 61.4. The Bertz CT molecular complexity index is 2380. The Labute approximate surface area is 452 Å². The van der Waals surface area contributed by atoms with E-state index in [-0.39, 0.29) is 0 Å². The average Bonchev–Trinajstić information content (AvgIpc) is 4.08. The standard InChI is InChI=1S/C40H69N4S4Si8.3C4H9.Sn/c1-49(2)23-27-53(9,10)43-35-33(41(49)50(3,4)24-28-54(43,11)12)37(31-19-17-21-45-31)47-39(35)40-36-34(38(48-40)32-20-18-22-46-32)42-51(5,6)25-29-55(13,14)44(36)56(15,16)30-26-52(42,7)8;3*1-3-4-2;/h17-21H,23-30H2,1-16H3;3*1,3-4H2,2H3;. The summed E-state index contributed by atoms with van der Waals surface area (Å²) < 4.78 is 20.1. The molecule has 0 fully saturated rings. The second-order valence-corrected chi connectivity index (χ2v) is 84.1. The molecule has 0 saturated heterocycles. The van der Waals surface area contributed by atoms with Crippen molar-refractivity contribution >= 4 is 155 Å². The fraction of sp³-hybridized carbons (Fsp3) is 0.692. The molecule has 0 aliphatic carbocycles. The fourth-order valence-corrected chi connectivity index (χ4v) is 96.1. The predicted molar refractivity (Wildman–Crippen MR) is 347 cm³/mol. The molecule has 0 saturated carbocycles. The summed E-state index contributed by atoms with van der Waals surface area (Å²) in [6, 6.07) is 21.9. The molecule has 17 heteroatoms. The average molecular weight is 1250 g/mol. The molecular formula is C52H96N4S4Si8Sn. The van der Waals surface area contributed by atoms with Crippen LogP contribution in [0.3, 0.4) is 0 Å². The van der Waals surface area contributed by atoms with Gasteiger partial charge in [-0.15, -0.1) is 0 Å². The van der Waals surface area contributed by atoms with Gasteiger partial charge in [-0.05, 0) is 0 Å². The van der Waals surface area contributed by atoms with E-state index < -0.39 is 84.3 Å². The summed E-state index contributed by atoms with van der Waals surface area (Å²) in [5, 5.41) is 2.38. The van der Waals surface area contributed by atoms with Crippen LogP contribution in [0.5, 0.6) is 0 Å². The Morgan fingerprint density at radius 3 is 0.986 bits per heavy atom. The van der Waals surface area contributed by atoms with Gasteiger partial charge in [-0.1, -0.05) is 0 Å². The van der Waals surface area contributed by atoms with E-state index in [0.717, 1.165) is 0 Å². The van der Waals surface area contributed by atoms with E-state index in [1.807, 2.05) is 14.2 Å². The van der Waals surface area contributed by atoms with Gasteiger partial charge in [-0.2, -0.15) is 0 Å². The molecule has 0 atom stereocenters. The first kappa shape index (κ1) is 55.8. The summed E-state index contributed by atoms with van der Waals surface area (Å²) in [7, 11) is -15.3. The van der Waals surface area contributed by atoms with Crippen molar-refractivity contribution in [3.63, 3.8) is 0 Å². The van der Waals surface area contributed by atoms with Gasteiger partial charge in [0.25, 0.3) is 0 Å². The molecule has 0 radical (unpaired) electrons. The summed E-state index contributed by atoms with van der Waals surface area (Å²) in [6.45, 7) is 52.6. The first-order chi connectivity index (χ1) is 32.0. The first-order valence-electron chi connectivity index (χ1n) is 27.7. The molecule has 384 valence electrons. The molecule has 4 nitrogen and oxygen atoms in total.